The average molecular weight is 336 g/mol. The first-order chi connectivity index (χ1) is 5.43. The molecule has 0 aromatic carbocycles. The molecule has 0 bridgehead atoms. The number of nitriles is 1. The van der Waals surface area contributed by atoms with Gasteiger partial charge in [-0.05, 0) is 0 Å². The summed E-state index contributed by atoms with van der Waals surface area (Å²) in [7, 11) is -4.94. The third-order valence-electron chi connectivity index (χ3n) is 0.419. The van der Waals surface area contributed by atoms with Gasteiger partial charge in [0.05, 0.1) is 0 Å². The van der Waals surface area contributed by atoms with Gasteiger partial charge in [-0.1, -0.05) is 0 Å². The van der Waals surface area contributed by atoms with E-state index in [0.717, 1.165) is 0 Å². The summed E-state index contributed by atoms with van der Waals surface area (Å²) in [5, 5.41) is 20.5. The first-order valence-corrected chi connectivity index (χ1v) is 3.37. The van der Waals surface area contributed by atoms with Crippen molar-refractivity contribution in [1.29, 1.82) is 5.26 Å². The van der Waals surface area contributed by atoms with Gasteiger partial charge in [0, 0.05) is 0 Å². The van der Waals surface area contributed by atoms with Crippen molar-refractivity contribution in [3.8, 4) is 6.07 Å². The van der Waals surface area contributed by atoms with E-state index in [0.29, 0.717) is 0 Å². The fourth-order valence-corrected chi connectivity index (χ4v) is 0.189. The molecule has 1 aromatic rings. The zero-order chi connectivity index (χ0) is 9.61. The molecule has 0 fully saturated rings. The van der Waals surface area contributed by atoms with Crippen molar-refractivity contribution in [2.75, 3.05) is 0 Å². The molecular formula is C2H13ClCoN10O4-. The Kier molecular flexibility index (Phi) is 51.5. The summed E-state index contributed by atoms with van der Waals surface area (Å²) in [5.74, 6) is 0.0139. The number of hydrogen-bond acceptors (Lipinski definition) is 11. The van der Waals surface area contributed by atoms with Gasteiger partial charge in [0.2, 0.25) is 0 Å². The van der Waals surface area contributed by atoms with E-state index in [2.05, 4.69) is 20.6 Å². The number of halogens is 1. The van der Waals surface area contributed by atoms with E-state index in [1.54, 1.807) is 6.07 Å². The van der Waals surface area contributed by atoms with Crippen molar-refractivity contribution in [3.05, 3.63) is 18.1 Å². The maximum absolute atomic E-state index is 8.49. The Balaban J connectivity index is -0.0000000208. The molecule has 16 heteroatoms. The average Bonchev–Trinajstić information content (AvgIpc) is 2.33. The quantitative estimate of drug-likeness (QED) is 0.406. The van der Waals surface area contributed by atoms with Gasteiger partial charge in [-0.15, -0.1) is 10.2 Å². The Morgan fingerprint density at radius 1 is 1.06 bits per heavy atom. The first kappa shape index (κ1) is 43.5. The smallest absolute Gasteiger partial charge is 0.693 e. The van der Waals surface area contributed by atoms with Crippen LogP contribution in [0.5, 0.6) is 0 Å². The van der Waals surface area contributed by atoms with Crippen LogP contribution in [0.1, 0.15) is 5.82 Å². The molecule has 14 nitrogen and oxygen atoms in total. The number of nitrogens with zero attached hydrogens (tertiary/aromatic N) is 5. The Labute approximate surface area is 115 Å². The molecule has 1 aromatic heterocycles. The number of rotatable bonds is 0. The Bertz CT molecular complexity index is 252. The summed E-state index contributed by atoms with van der Waals surface area (Å²) in [6.45, 7) is 0. The Morgan fingerprint density at radius 2 is 1.39 bits per heavy atom. The molecule has 0 aliphatic rings. The molecule has 112 valence electrons. The van der Waals surface area contributed by atoms with Crippen molar-refractivity contribution in [2.24, 2.45) is 0 Å². The van der Waals surface area contributed by atoms with Gasteiger partial charge < -0.3 is 35.9 Å². The van der Waals surface area contributed by atoms with Crippen molar-refractivity contribution >= 4 is 0 Å². The molecule has 13 N–H and O–H groups in total. The van der Waals surface area contributed by atoms with Crippen molar-refractivity contribution in [1.82, 2.24) is 39.1 Å². The molecule has 0 spiro atoms. The van der Waals surface area contributed by atoms with Gasteiger partial charge >= 0.3 is 16.8 Å². The zero-order valence-corrected chi connectivity index (χ0v) is 10.7. The number of hydrogen-bond donors (Lipinski definition) is 3. The van der Waals surface area contributed by atoms with Crippen LogP contribution in [0.25, 0.3) is 12.3 Å². The third-order valence-corrected chi connectivity index (χ3v) is 0.419. The topological polar surface area (TPSA) is 341 Å². The molecule has 1 heterocycles. The van der Waals surface area contributed by atoms with Gasteiger partial charge in [0.15, 0.2) is 0 Å². The van der Waals surface area contributed by atoms with Crippen molar-refractivity contribution in [2.45, 2.75) is 0 Å². The van der Waals surface area contributed by atoms with E-state index in [-0.39, 0.29) is 53.4 Å². The van der Waals surface area contributed by atoms with E-state index in [9.17, 15) is 0 Å². The Morgan fingerprint density at radius 3 is 1.50 bits per heavy atom. The SMILES string of the molecule is N.N.N.N#Cc1nnn[n-]1.[Co+3].[NH2-].[NH2-].[O-][Cl+3]([O-])([O-])[O-]. The molecule has 0 atom stereocenters. The first-order valence-electron chi connectivity index (χ1n) is 2.14. The van der Waals surface area contributed by atoms with Crippen LogP contribution in [0.15, 0.2) is 0 Å². The third kappa shape index (κ3) is 45.9. The second-order valence-corrected chi connectivity index (χ2v) is 1.95. The number of tetrazole rings is 1. The maximum Gasteiger partial charge on any atom is 3.00 e. The Hall–Kier alpha value is -1.00. The largest absolute Gasteiger partial charge is 3.00 e. The van der Waals surface area contributed by atoms with E-state index in [1.165, 1.54) is 0 Å². The molecule has 0 aliphatic heterocycles. The molecule has 18 heavy (non-hydrogen) atoms. The summed E-state index contributed by atoms with van der Waals surface area (Å²) in [4.78, 5) is 0. The summed E-state index contributed by atoms with van der Waals surface area (Å²) >= 11 is 0. The second-order valence-electron chi connectivity index (χ2n) is 1.19. The second kappa shape index (κ2) is 21.3. The van der Waals surface area contributed by atoms with E-state index < -0.39 is 10.2 Å². The molecule has 0 saturated heterocycles. The van der Waals surface area contributed by atoms with E-state index in [1.807, 2.05) is 0 Å². The molecule has 0 unspecified atom stereocenters. The molecule has 1 rings (SSSR count). The normalized spacial score (nSPS) is 6.39. The summed E-state index contributed by atoms with van der Waals surface area (Å²) in [6.07, 6.45) is 0. The predicted octanol–water partition coefficient (Wildman–Crippen LogP) is -4.14. The van der Waals surface area contributed by atoms with Crippen molar-refractivity contribution < 1.29 is 45.7 Å². The minimum absolute atomic E-state index is 0. The van der Waals surface area contributed by atoms with Gasteiger partial charge in [-0.2, -0.15) is 10.5 Å². The molecular weight excluding hydrogens is 322 g/mol. The van der Waals surface area contributed by atoms with Crippen molar-refractivity contribution in [3.63, 3.8) is 0 Å². The number of nitrogens with two attached hydrogens (primary N) is 2. The fraction of sp³-hybridized carbons (Fsp3) is 0. The van der Waals surface area contributed by atoms with Crippen LogP contribution in [0.4, 0.5) is 0 Å². The van der Waals surface area contributed by atoms with Crippen LogP contribution < -0.4 is 42.2 Å². The van der Waals surface area contributed by atoms with E-state index >= 15 is 0 Å². The monoisotopic (exact) mass is 335 g/mol. The minimum Gasteiger partial charge on any atom is -0.693 e. The molecule has 0 amide bonds. The summed E-state index contributed by atoms with van der Waals surface area (Å²) < 4.78 is 34.0. The van der Waals surface area contributed by atoms with Gasteiger partial charge in [-0.25, -0.2) is 18.6 Å². The zero-order valence-electron chi connectivity index (χ0n) is 8.86. The molecule has 0 saturated carbocycles. The van der Waals surface area contributed by atoms with Crippen LogP contribution in [-0.2, 0) is 16.8 Å². The molecule has 0 aliphatic carbocycles. The summed E-state index contributed by atoms with van der Waals surface area (Å²) in [6, 6.07) is 1.66. The minimum atomic E-state index is -4.94. The van der Waals surface area contributed by atoms with Crippen LogP contribution in [0.2, 0.25) is 0 Å². The van der Waals surface area contributed by atoms with Gasteiger partial charge in [0.1, 0.15) is 11.9 Å². The van der Waals surface area contributed by atoms with Gasteiger partial charge in [0.25, 0.3) is 0 Å². The summed E-state index contributed by atoms with van der Waals surface area (Å²) in [5.41, 5.74) is 0. The standard InChI is InChI=1S/C2N5.ClHO4.Co.3H3N.2H2N/c3-1-2-4-6-7-5-2;2-1(3,4)5;;;;;;/h;(H,2,3,4,5);;3*1H3;2*1H2/q-1;;+3;;;;2*-1/p-1. The molecule has 0 radical (unpaired) electrons. The van der Waals surface area contributed by atoms with Crippen LogP contribution in [0.3, 0.4) is 0 Å². The van der Waals surface area contributed by atoms with Crippen LogP contribution in [-0.4, -0.2) is 15.5 Å². The number of aromatic nitrogens is 4. The predicted molar refractivity (Wildman–Crippen MR) is 43.5 cm³/mol. The van der Waals surface area contributed by atoms with Crippen LogP contribution >= 0.6 is 0 Å². The van der Waals surface area contributed by atoms with Crippen LogP contribution in [0, 0.1) is 21.6 Å². The fourth-order valence-electron chi connectivity index (χ4n) is 0.189. The van der Waals surface area contributed by atoms with Gasteiger partial charge in [-0.3, -0.25) is 10.3 Å². The maximum atomic E-state index is 8.49. The van der Waals surface area contributed by atoms with E-state index in [4.69, 9.17) is 23.9 Å².